The van der Waals surface area contributed by atoms with E-state index in [1.54, 1.807) is 0 Å². The standard InChI is InChI=1S/C20H43OP/c1-4-7-10-13-14-17-20-22(21,18-15-11-8-5-2)19-16-12-9-6-3/h4-20H2,1-3H3. The molecule has 0 unspecified atom stereocenters. The summed E-state index contributed by atoms with van der Waals surface area (Å²) in [5, 5.41) is 0. The Hall–Kier alpha value is 0.230. The summed E-state index contributed by atoms with van der Waals surface area (Å²) in [6.07, 6.45) is 21.2. The summed E-state index contributed by atoms with van der Waals surface area (Å²) in [5.74, 6) is 0. The SMILES string of the molecule is CCCCCCCCP(=O)(CCCCCC)CCCCCC. The molecule has 0 aromatic carbocycles. The van der Waals surface area contributed by atoms with Gasteiger partial charge in [-0.3, -0.25) is 0 Å². The fourth-order valence-corrected chi connectivity index (χ4v) is 6.24. The van der Waals surface area contributed by atoms with Crippen LogP contribution in [0.3, 0.4) is 0 Å². The van der Waals surface area contributed by atoms with E-state index >= 15 is 0 Å². The quantitative estimate of drug-likeness (QED) is 0.196. The minimum atomic E-state index is -1.86. The Kier molecular flexibility index (Phi) is 16.3. The first-order chi connectivity index (χ1) is 10.7. The Bertz CT molecular complexity index is 246. The van der Waals surface area contributed by atoms with Gasteiger partial charge in [-0.1, -0.05) is 91.4 Å². The van der Waals surface area contributed by atoms with Crippen LogP contribution < -0.4 is 0 Å². The van der Waals surface area contributed by atoms with E-state index in [0.29, 0.717) is 0 Å². The molecule has 0 amide bonds. The van der Waals surface area contributed by atoms with Crippen LogP contribution in [0.15, 0.2) is 0 Å². The van der Waals surface area contributed by atoms with Crippen molar-refractivity contribution in [1.82, 2.24) is 0 Å². The van der Waals surface area contributed by atoms with Crippen molar-refractivity contribution < 1.29 is 4.57 Å². The van der Waals surface area contributed by atoms with Gasteiger partial charge in [0.25, 0.3) is 0 Å². The molecule has 0 aliphatic heterocycles. The highest BCUT2D eigenvalue weighted by atomic mass is 31.2. The molecule has 0 aromatic rings. The first-order valence-electron chi connectivity index (χ1n) is 10.3. The van der Waals surface area contributed by atoms with Crippen LogP contribution in [0.25, 0.3) is 0 Å². The van der Waals surface area contributed by atoms with Gasteiger partial charge >= 0.3 is 0 Å². The second-order valence-corrected chi connectivity index (χ2v) is 10.6. The van der Waals surface area contributed by atoms with Crippen molar-refractivity contribution in [3.63, 3.8) is 0 Å². The third-order valence-corrected chi connectivity index (χ3v) is 8.15. The van der Waals surface area contributed by atoms with E-state index in [0.717, 1.165) is 18.5 Å². The topological polar surface area (TPSA) is 17.1 Å². The lowest BCUT2D eigenvalue weighted by molar-refractivity contribution is 0.559. The maximum absolute atomic E-state index is 13.2. The van der Waals surface area contributed by atoms with Gasteiger partial charge in [0.05, 0.1) is 7.14 Å². The summed E-state index contributed by atoms with van der Waals surface area (Å²) in [6.45, 7) is 6.77. The molecule has 0 heterocycles. The Balaban J connectivity index is 3.99. The maximum atomic E-state index is 13.2. The predicted octanol–water partition coefficient (Wildman–Crippen LogP) is 7.87. The Morgan fingerprint density at radius 3 is 1.09 bits per heavy atom. The molecule has 0 rings (SSSR count). The molecule has 2 heteroatoms. The summed E-state index contributed by atoms with van der Waals surface area (Å²) in [4.78, 5) is 0. The van der Waals surface area contributed by atoms with Crippen molar-refractivity contribution in [3.8, 4) is 0 Å². The zero-order valence-electron chi connectivity index (χ0n) is 15.9. The van der Waals surface area contributed by atoms with Crippen LogP contribution in [0.2, 0.25) is 0 Å². The molecular weight excluding hydrogens is 287 g/mol. The van der Waals surface area contributed by atoms with Crippen LogP contribution in [0, 0.1) is 0 Å². The molecule has 0 aromatic heterocycles. The Labute approximate surface area is 141 Å². The average Bonchev–Trinajstić information content (AvgIpc) is 2.52. The summed E-state index contributed by atoms with van der Waals surface area (Å²) in [6, 6.07) is 0. The molecule has 22 heavy (non-hydrogen) atoms. The summed E-state index contributed by atoms with van der Waals surface area (Å²) in [5.41, 5.74) is 0. The van der Waals surface area contributed by atoms with Crippen molar-refractivity contribution in [2.24, 2.45) is 0 Å². The summed E-state index contributed by atoms with van der Waals surface area (Å²) >= 11 is 0. The van der Waals surface area contributed by atoms with Crippen LogP contribution in [-0.4, -0.2) is 18.5 Å². The third kappa shape index (κ3) is 13.9. The van der Waals surface area contributed by atoms with Crippen LogP contribution >= 0.6 is 7.14 Å². The van der Waals surface area contributed by atoms with Gasteiger partial charge < -0.3 is 4.57 Å². The summed E-state index contributed by atoms with van der Waals surface area (Å²) in [7, 11) is -1.86. The summed E-state index contributed by atoms with van der Waals surface area (Å²) < 4.78 is 13.2. The second-order valence-electron chi connectivity index (χ2n) is 7.12. The highest BCUT2D eigenvalue weighted by Crippen LogP contribution is 2.48. The molecule has 0 saturated heterocycles. The molecule has 0 bridgehead atoms. The molecular formula is C20H43OP. The van der Waals surface area contributed by atoms with E-state index < -0.39 is 7.14 Å². The third-order valence-electron chi connectivity index (χ3n) is 4.76. The first-order valence-corrected chi connectivity index (χ1v) is 12.5. The van der Waals surface area contributed by atoms with Gasteiger partial charge in [-0.15, -0.1) is 0 Å². The number of unbranched alkanes of at least 4 members (excludes halogenated alkanes) is 11. The van der Waals surface area contributed by atoms with E-state index in [1.165, 1.54) is 89.9 Å². The lowest BCUT2D eigenvalue weighted by Gasteiger charge is -2.18. The van der Waals surface area contributed by atoms with Crippen LogP contribution in [-0.2, 0) is 4.57 Å². The number of hydrogen-bond acceptors (Lipinski definition) is 1. The Morgan fingerprint density at radius 2 is 0.727 bits per heavy atom. The van der Waals surface area contributed by atoms with Crippen molar-refractivity contribution in [3.05, 3.63) is 0 Å². The van der Waals surface area contributed by atoms with Gasteiger partial charge in [0.15, 0.2) is 0 Å². The zero-order valence-corrected chi connectivity index (χ0v) is 16.8. The van der Waals surface area contributed by atoms with Crippen LogP contribution in [0.5, 0.6) is 0 Å². The molecule has 1 nitrogen and oxygen atoms in total. The van der Waals surface area contributed by atoms with E-state index in [2.05, 4.69) is 20.8 Å². The minimum Gasteiger partial charge on any atom is -0.324 e. The lowest BCUT2D eigenvalue weighted by atomic mass is 10.1. The highest BCUT2D eigenvalue weighted by molar-refractivity contribution is 7.63. The van der Waals surface area contributed by atoms with Gasteiger partial charge in [-0.2, -0.15) is 0 Å². The predicted molar refractivity (Wildman–Crippen MR) is 104 cm³/mol. The van der Waals surface area contributed by atoms with Gasteiger partial charge in [0.1, 0.15) is 0 Å². The molecule has 0 N–H and O–H groups in total. The molecule has 0 saturated carbocycles. The van der Waals surface area contributed by atoms with E-state index in [-0.39, 0.29) is 0 Å². The molecule has 0 aliphatic rings. The van der Waals surface area contributed by atoms with Crippen molar-refractivity contribution in [2.45, 2.75) is 111 Å². The Morgan fingerprint density at radius 1 is 0.455 bits per heavy atom. The number of rotatable bonds is 17. The van der Waals surface area contributed by atoms with Gasteiger partial charge in [0.2, 0.25) is 0 Å². The number of hydrogen-bond donors (Lipinski definition) is 0. The maximum Gasteiger partial charge on any atom is 0.0877 e. The van der Waals surface area contributed by atoms with E-state index in [9.17, 15) is 4.57 Å². The van der Waals surface area contributed by atoms with Crippen molar-refractivity contribution in [1.29, 1.82) is 0 Å². The molecule has 0 spiro atoms. The highest BCUT2D eigenvalue weighted by Gasteiger charge is 2.20. The van der Waals surface area contributed by atoms with Crippen molar-refractivity contribution >= 4 is 7.14 Å². The van der Waals surface area contributed by atoms with Crippen LogP contribution in [0.1, 0.15) is 111 Å². The fraction of sp³-hybridized carbons (Fsp3) is 1.00. The monoisotopic (exact) mass is 330 g/mol. The lowest BCUT2D eigenvalue weighted by Crippen LogP contribution is -2.02. The largest absolute Gasteiger partial charge is 0.324 e. The first kappa shape index (κ1) is 22.2. The van der Waals surface area contributed by atoms with Crippen LogP contribution in [0.4, 0.5) is 0 Å². The zero-order chi connectivity index (χ0) is 16.5. The fourth-order valence-electron chi connectivity index (χ4n) is 3.17. The smallest absolute Gasteiger partial charge is 0.0877 e. The molecule has 0 atom stereocenters. The molecule has 0 fully saturated rings. The van der Waals surface area contributed by atoms with Crippen molar-refractivity contribution in [2.75, 3.05) is 18.5 Å². The van der Waals surface area contributed by atoms with E-state index in [4.69, 9.17) is 0 Å². The van der Waals surface area contributed by atoms with Gasteiger partial charge in [0, 0.05) is 18.5 Å². The average molecular weight is 331 g/mol. The molecule has 134 valence electrons. The van der Waals surface area contributed by atoms with Gasteiger partial charge in [-0.05, 0) is 19.3 Å². The van der Waals surface area contributed by atoms with E-state index in [1.807, 2.05) is 0 Å². The molecule has 0 aliphatic carbocycles. The second kappa shape index (κ2) is 16.1. The minimum absolute atomic E-state index is 1.04. The molecule has 0 radical (unpaired) electrons. The van der Waals surface area contributed by atoms with Gasteiger partial charge in [-0.25, -0.2) is 0 Å². The normalized spacial score (nSPS) is 12.0.